The molecule has 0 radical (unpaired) electrons. The topological polar surface area (TPSA) is 20.3 Å². The first-order chi connectivity index (χ1) is 10.3. The number of carbonyl (C=O) groups excluding carboxylic acids is 1. The fraction of sp³-hybridized carbons (Fsp3) is 0.0556. The van der Waals surface area contributed by atoms with Gasteiger partial charge < -0.3 is 4.90 Å². The molecule has 1 heterocycles. The first kappa shape index (κ1) is 12.6. The van der Waals surface area contributed by atoms with Gasteiger partial charge in [0.05, 0.1) is 12.2 Å². The van der Waals surface area contributed by atoms with Gasteiger partial charge in [0.2, 0.25) is 0 Å². The van der Waals surface area contributed by atoms with E-state index in [0.29, 0.717) is 6.54 Å². The van der Waals surface area contributed by atoms with Crippen molar-refractivity contribution in [2.75, 3.05) is 4.90 Å². The summed E-state index contributed by atoms with van der Waals surface area (Å²) in [6.45, 7) is 0.577. The maximum Gasteiger partial charge on any atom is 0.259 e. The van der Waals surface area contributed by atoms with Crippen LogP contribution < -0.4 is 4.90 Å². The summed E-state index contributed by atoms with van der Waals surface area (Å²) in [5, 5.41) is 2.19. The Kier molecular flexibility index (Phi) is 2.82. The zero-order valence-corrected chi connectivity index (χ0v) is 12.8. The molecule has 0 unspecified atom stereocenters. The van der Waals surface area contributed by atoms with Crippen molar-refractivity contribution in [3.8, 4) is 0 Å². The van der Waals surface area contributed by atoms with Crippen LogP contribution in [0.15, 0.2) is 65.1 Å². The summed E-state index contributed by atoms with van der Waals surface area (Å²) in [6, 6.07) is 20.0. The minimum Gasteiger partial charge on any atom is -0.303 e. The van der Waals surface area contributed by atoms with Gasteiger partial charge in [-0.25, -0.2) is 0 Å². The van der Waals surface area contributed by atoms with E-state index in [1.165, 1.54) is 0 Å². The molecular weight excluding hydrogens is 326 g/mol. The van der Waals surface area contributed by atoms with Gasteiger partial charge in [0, 0.05) is 15.4 Å². The van der Waals surface area contributed by atoms with Gasteiger partial charge in [-0.3, -0.25) is 4.79 Å². The summed E-state index contributed by atoms with van der Waals surface area (Å²) < 4.78 is 1.03. The molecule has 0 N–H and O–H groups in total. The zero-order valence-electron chi connectivity index (χ0n) is 11.2. The molecule has 21 heavy (non-hydrogen) atoms. The Hall–Kier alpha value is -2.13. The van der Waals surface area contributed by atoms with Crippen LogP contribution in [0.3, 0.4) is 0 Å². The van der Waals surface area contributed by atoms with Gasteiger partial charge in [0.25, 0.3) is 5.91 Å². The molecule has 0 saturated heterocycles. The smallest absolute Gasteiger partial charge is 0.259 e. The molecule has 0 aromatic heterocycles. The van der Waals surface area contributed by atoms with Gasteiger partial charge >= 0.3 is 0 Å². The zero-order chi connectivity index (χ0) is 14.4. The van der Waals surface area contributed by atoms with Crippen molar-refractivity contribution >= 4 is 38.3 Å². The largest absolute Gasteiger partial charge is 0.303 e. The van der Waals surface area contributed by atoms with Crippen molar-refractivity contribution in [3.63, 3.8) is 0 Å². The Balaban J connectivity index is 1.85. The molecular formula is C18H12BrNO. The second-order valence-corrected chi connectivity index (χ2v) is 6.02. The lowest BCUT2D eigenvalue weighted by molar-refractivity contribution is 0.0991. The normalized spacial score (nSPS) is 13.2. The van der Waals surface area contributed by atoms with Crippen LogP contribution in [0.4, 0.5) is 5.69 Å². The molecule has 102 valence electrons. The molecule has 0 bridgehead atoms. The lowest BCUT2D eigenvalue weighted by Gasteiger charge is -2.18. The molecule has 3 aromatic carbocycles. The highest BCUT2D eigenvalue weighted by Crippen LogP contribution is 2.38. The average Bonchev–Trinajstić information content (AvgIpc) is 2.78. The predicted molar refractivity (Wildman–Crippen MR) is 88.6 cm³/mol. The van der Waals surface area contributed by atoms with Gasteiger partial charge in [0.1, 0.15) is 0 Å². The lowest BCUT2D eigenvalue weighted by Crippen LogP contribution is -2.26. The van der Waals surface area contributed by atoms with Crippen LogP contribution in [0.5, 0.6) is 0 Å². The summed E-state index contributed by atoms with van der Waals surface area (Å²) in [5.74, 6) is 0.0811. The van der Waals surface area contributed by atoms with Crippen molar-refractivity contribution in [1.82, 2.24) is 0 Å². The highest BCUT2D eigenvalue weighted by molar-refractivity contribution is 9.10. The van der Waals surface area contributed by atoms with Crippen molar-refractivity contribution < 1.29 is 4.79 Å². The van der Waals surface area contributed by atoms with Crippen LogP contribution >= 0.6 is 15.9 Å². The fourth-order valence-electron chi connectivity index (χ4n) is 2.93. The van der Waals surface area contributed by atoms with Crippen molar-refractivity contribution in [2.24, 2.45) is 0 Å². The summed E-state index contributed by atoms with van der Waals surface area (Å²) in [7, 11) is 0. The monoisotopic (exact) mass is 337 g/mol. The van der Waals surface area contributed by atoms with Gasteiger partial charge in [-0.05, 0) is 29.1 Å². The number of halogens is 1. The molecule has 0 atom stereocenters. The number of benzene rings is 3. The molecule has 1 amide bonds. The maximum absolute atomic E-state index is 12.7. The SMILES string of the molecule is O=C1c2cccc3cccc(c23)N1Cc1ccccc1Br. The number of amides is 1. The van der Waals surface area contributed by atoms with E-state index in [9.17, 15) is 4.79 Å². The molecule has 3 aromatic rings. The molecule has 3 heteroatoms. The van der Waals surface area contributed by atoms with Gasteiger partial charge in [-0.1, -0.05) is 58.4 Å². The maximum atomic E-state index is 12.7. The van der Waals surface area contributed by atoms with Crippen molar-refractivity contribution in [3.05, 3.63) is 76.3 Å². The summed E-state index contributed by atoms with van der Waals surface area (Å²) in [5.41, 5.74) is 2.91. The quantitative estimate of drug-likeness (QED) is 0.660. The molecule has 4 rings (SSSR count). The Bertz CT molecular complexity index is 867. The molecule has 1 aliphatic rings. The summed E-state index contributed by atoms with van der Waals surface area (Å²) >= 11 is 3.56. The van der Waals surface area contributed by atoms with Gasteiger partial charge in [-0.15, -0.1) is 0 Å². The first-order valence-electron chi connectivity index (χ1n) is 6.83. The molecule has 2 nitrogen and oxygen atoms in total. The number of carbonyl (C=O) groups is 1. The molecule has 0 saturated carbocycles. The Morgan fingerprint density at radius 2 is 1.67 bits per heavy atom. The van der Waals surface area contributed by atoms with Crippen molar-refractivity contribution in [1.29, 1.82) is 0 Å². The minimum absolute atomic E-state index is 0.0811. The third kappa shape index (κ3) is 1.88. The first-order valence-corrected chi connectivity index (χ1v) is 7.62. The number of anilines is 1. The Labute approximate surface area is 131 Å². The fourth-order valence-corrected chi connectivity index (χ4v) is 3.34. The molecule has 0 fully saturated rings. The second kappa shape index (κ2) is 4.71. The minimum atomic E-state index is 0.0811. The number of hydrogen-bond acceptors (Lipinski definition) is 1. The number of hydrogen-bond donors (Lipinski definition) is 0. The second-order valence-electron chi connectivity index (χ2n) is 5.16. The molecule has 1 aliphatic heterocycles. The van der Waals surface area contributed by atoms with Crippen LogP contribution in [-0.2, 0) is 6.54 Å². The average molecular weight is 338 g/mol. The van der Waals surface area contributed by atoms with E-state index in [4.69, 9.17) is 0 Å². The highest BCUT2D eigenvalue weighted by Gasteiger charge is 2.29. The summed E-state index contributed by atoms with van der Waals surface area (Å²) in [6.07, 6.45) is 0. The number of rotatable bonds is 2. The predicted octanol–water partition coefficient (Wildman–Crippen LogP) is 4.76. The summed E-state index contributed by atoms with van der Waals surface area (Å²) in [4.78, 5) is 14.6. The van der Waals surface area contributed by atoms with Crippen LogP contribution in [-0.4, -0.2) is 5.91 Å². The van der Waals surface area contributed by atoms with Crippen LogP contribution in [0.25, 0.3) is 10.8 Å². The van der Waals surface area contributed by atoms with E-state index < -0.39 is 0 Å². The van der Waals surface area contributed by atoms with E-state index in [0.717, 1.165) is 32.1 Å². The third-order valence-electron chi connectivity index (χ3n) is 3.94. The molecule has 0 aliphatic carbocycles. The van der Waals surface area contributed by atoms with Crippen LogP contribution in [0.2, 0.25) is 0 Å². The van der Waals surface area contributed by atoms with Gasteiger partial charge in [0.15, 0.2) is 0 Å². The lowest BCUT2D eigenvalue weighted by atomic mass is 10.1. The standard InChI is InChI=1S/C18H12BrNO/c19-15-9-2-1-5-13(15)11-20-16-10-4-7-12-6-3-8-14(17(12)16)18(20)21/h1-10H,11H2. The van der Waals surface area contributed by atoms with Crippen molar-refractivity contribution in [2.45, 2.75) is 6.54 Å². The van der Waals surface area contributed by atoms with E-state index in [1.807, 2.05) is 53.4 Å². The van der Waals surface area contributed by atoms with Crippen LogP contribution in [0, 0.1) is 0 Å². The van der Waals surface area contributed by atoms with Crippen LogP contribution in [0.1, 0.15) is 15.9 Å². The van der Waals surface area contributed by atoms with E-state index in [-0.39, 0.29) is 5.91 Å². The Morgan fingerprint density at radius 1 is 0.905 bits per heavy atom. The Morgan fingerprint density at radius 3 is 2.48 bits per heavy atom. The van der Waals surface area contributed by atoms with Gasteiger partial charge in [-0.2, -0.15) is 0 Å². The van der Waals surface area contributed by atoms with E-state index in [2.05, 4.69) is 28.1 Å². The number of nitrogens with zero attached hydrogens (tertiary/aromatic N) is 1. The highest BCUT2D eigenvalue weighted by atomic mass is 79.9. The molecule has 0 spiro atoms. The van der Waals surface area contributed by atoms with E-state index >= 15 is 0 Å². The third-order valence-corrected chi connectivity index (χ3v) is 4.71. The van der Waals surface area contributed by atoms with E-state index in [1.54, 1.807) is 0 Å².